The molecule has 0 spiro atoms. The highest BCUT2D eigenvalue weighted by molar-refractivity contribution is 6.05. The molecule has 75 heavy (non-hydrogen) atoms. The minimum Gasteiger partial charge on any atom is -0.505 e. The monoisotopic (exact) mass is 1000 g/mol. The Labute approximate surface area is 432 Å². The summed E-state index contributed by atoms with van der Waals surface area (Å²) in [5.74, 6) is 1.00. The van der Waals surface area contributed by atoms with Crippen molar-refractivity contribution in [3.8, 4) is 11.5 Å². The van der Waals surface area contributed by atoms with Crippen molar-refractivity contribution in [2.45, 2.75) is 48.5 Å². The molecule has 0 amide bonds. The van der Waals surface area contributed by atoms with E-state index < -0.39 is 0 Å². The van der Waals surface area contributed by atoms with Crippen LogP contribution in [0, 0.1) is 48.5 Å². The molecular formula is C55H56N16O4. The number of aliphatic hydroxyl groups is 2. The maximum Gasteiger partial charge on any atom is 0.233 e. The average molecular weight is 1010 g/mol. The molecule has 0 saturated carbocycles. The summed E-state index contributed by atoms with van der Waals surface area (Å²) >= 11 is 0. The number of aromatic nitrogens is 6. The predicted octanol–water partition coefficient (Wildman–Crippen LogP) is 12.5. The van der Waals surface area contributed by atoms with Crippen molar-refractivity contribution in [2.75, 3.05) is 58.2 Å². The fourth-order valence-corrected chi connectivity index (χ4v) is 8.45. The lowest BCUT2D eigenvalue weighted by Crippen LogP contribution is -2.13. The normalized spacial score (nSPS) is 11.5. The molecule has 0 radical (unpaired) electrons. The zero-order chi connectivity index (χ0) is 52.8. The second kappa shape index (κ2) is 22.2. The van der Waals surface area contributed by atoms with Gasteiger partial charge in [-0.2, -0.15) is 40.1 Å². The van der Waals surface area contributed by atoms with Gasteiger partial charge in [-0.1, -0.05) is 48.5 Å². The number of aryl methyl sites for hydroxylation is 7. The van der Waals surface area contributed by atoms with Crippen LogP contribution in [-0.2, 0) is 0 Å². The van der Waals surface area contributed by atoms with Gasteiger partial charge in [0.25, 0.3) is 0 Å². The van der Waals surface area contributed by atoms with Crippen LogP contribution in [0.15, 0.2) is 124 Å². The van der Waals surface area contributed by atoms with Crippen LogP contribution >= 0.6 is 0 Å². The molecular weight excluding hydrogens is 949 g/mol. The number of hydrogen-bond donors (Lipinski definition) is 10. The number of rotatable bonds is 18. The second-order valence-electron chi connectivity index (χ2n) is 18.0. The fraction of sp³-hybridized carbons (Fsp3) is 0.200. The first kappa shape index (κ1) is 50.5. The Hall–Kier alpha value is -9.40. The molecule has 2 aromatic heterocycles. The Bertz CT molecular complexity index is 3680. The molecule has 2 heterocycles. The Morgan fingerprint density at radius 3 is 1.24 bits per heavy atom. The number of hydrogen-bond acceptors (Lipinski definition) is 20. The molecule has 9 rings (SSSR count). The Morgan fingerprint density at radius 1 is 0.400 bits per heavy atom. The molecule has 9 aromatic rings. The molecule has 0 bridgehead atoms. The van der Waals surface area contributed by atoms with Gasteiger partial charge in [-0.05, 0) is 153 Å². The smallest absolute Gasteiger partial charge is 0.233 e. The topological polar surface area (TPSA) is 280 Å². The van der Waals surface area contributed by atoms with Gasteiger partial charge >= 0.3 is 0 Å². The van der Waals surface area contributed by atoms with Crippen molar-refractivity contribution in [2.24, 2.45) is 20.5 Å². The number of aliphatic hydroxyl groups excluding tert-OH is 2. The van der Waals surface area contributed by atoms with E-state index in [1.54, 1.807) is 0 Å². The third-order valence-electron chi connectivity index (χ3n) is 12.1. The maximum absolute atomic E-state index is 11.8. The van der Waals surface area contributed by atoms with Crippen LogP contribution in [0.25, 0.3) is 21.5 Å². The lowest BCUT2D eigenvalue weighted by atomic mass is 10.0. The van der Waals surface area contributed by atoms with Crippen molar-refractivity contribution in [1.29, 1.82) is 0 Å². The summed E-state index contributed by atoms with van der Waals surface area (Å²) in [5, 5.41) is 82.7. The third-order valence-corrected chi connectivity index (χ3v) is 12.1. The van der Waals surface area contributed by atoms with Gasteiger partial charge in [0.15, 0.2) is 11.5 Å². The molecule has 10 N–H and O–H groups in total. The van der Waals surface area contributed by atoms with Crippen LogP contribution in [0.1, 0.15) is 38.9 Å². The number of azo groups is 2. The largest absolute Gasteiger partial charge is 0.505 e. The van der Waals surface area contributed by atoms with Crippen LogP contribution in [0.4, 0.5) is 81.2 Å². The molecule has 380 valence electrons. The summed E-state index contributed by atoms with van der Waals surface area (Å²) in [6.07, 6.45) is 0. The number of benzene rings is 7. The van der Waals surface area contributed by atoms with Crippen molar-refractivity contribution in [3.05, 3.63) is 142 Å². The van der Waals surface area contributed by atoms with E-state index in [0.717, 1.165) is 49.7 Å². The molecule has 7 aromatic carbocycles. The van der Waals surface area contributed by atoms with Gasteiger partial charge in [-0.3, -0.25) is 0 Å². The first-order valence-electron chi connectivity index (χ1n) is 24.1. The molecule has 20 heteroatoms. The summed E-state index contributed by atoms with van der Waals surface area (Å²) in [5.41, 5.74) is 10.5. The van der Waals surface area contributed by atoms with Crippen molar-refractivity contribution < 1.29 is 20.4 Å². The van der Waals surface area contributed by atoms with E-state index in [9.17, 15) is 20.4 Å². The highest BCUT2D eigenvalue weighted by Gasteiger charge is 2.20. The van der Waals surface area contributed by atoms with E-state index >= 15 is 0 Å². The second-order valence-corrected chi connectivity index (χ2v) is 18.0. The minimum absolute atomic E-state index is 0.0507. The van der Waals surface area contributed by atoms with E-state index in [-0.39, 0.29) is 73.5 Å². The fourth-order valence-electron chi connectivity index (χ4n) is 8.45. The molecule has 0 saturated heterocycles. The predicted molar refractivity (Wildman–Crippen MR) is 296 cm³/mol. The maximum atomic E-state index is 11.8. The van der Waals surface area contributed by atoms with Crippen LogP contribution in [-0.4, -0.2) is 76.6 Å². The van der Waals surface area contributed by atoms with Crippen LogP contribution < -0.4 is 31.9 Å². The average Bonchev–Trinajstić information content (AvgIpc) is 3.36. The number of fused-ring (bicyclic) bond motifs is 2. The van der Waals surface area contributed by atoms with Gasteiger partial charge < -0.3 is 52.3 Å². The van der Waals surface area contributed by atoms with E-state index in [1.807, 2.05) is 152 Å². The SMILES string of the molecule is Cc1cc(Nc2nc(NCCO)nc(Nc3ccc(Nc4nc(NCCO)nc(Nc5cc(C)cc6cc(C)c(N=Nc7ccccc7C)c(O)c56)n4)c(C)c3)n2)c2c(O)c(N=Nc3ccccc3C)c(C)cc2c1. The lowest BCUT2D eigenvalue weighted by molar-refractivity contribution is 0.310. The van der Waals surface area contributed by atoms with Crippen LogP contribution in [0.5, 0.6) is 11.5 Å². The molecule has 20 nitrogen and oxygen atoms in total. The van der Waals surface area contributed by atoms with E-state index in [1.165, 1.54) is 0 Å². The zero-order valence-electron chi connectivity index (χ0n) is 42.4. The number of anilines is 10. The molecule has 0 aliphatic heterocycles. The molecule has 0 aliphatic carbocycles. The number of phenolic OH excluding ortho intramolecular Hbond substituents is 2. The molecule has 0 unspecified atom stereocenters. The summed E-state index contributed by atoms with van der Waals surface area (Å²) in [7, 11) is 0. The summed E-state index contributed by atoms with van der Waals surface area (Å²) < 4.78 is 0. The van der Waals surface area contributed by atoms with Gasteiger partial charge in [0.05, 0.1) is 36.0 Å². The highest BCUT2D eigenvalue weighted by Crippen LogP contribution is 2.45. The molecule has 0 fully saturated rings. The minimum atomic E-state index is -0.159. The first-order chi connectivity index (χ1) is 36.2. The van der Waals surface area contributed by atoms with Crippen molar-refractivity contribution in [1.82, 2.24) is 29.9 Å². The van der Waals surface area contributed by atoms with Crippen LogP contribution in [0.2, 0.25) is 0 Å². The lowest BCUT2D eigenvalue weighted by Gasteiger charge is -2.16. The number of nitrogens with one attached hydrogen (secondary N) is 6. The van der Waals surface area contributed by atoms with E-state index in [4.69, 9.17) is 9.97 Å². The summed E-state index contributed by atoms with van der Waals surface area (Å²) in [6.45, 7) is 13.5. The quantitative estimate of drug-likeness (QED) is 0.0358. The Kier molecular flexibility index (Phi) is 14.9. The highest BCUT2D eigenvalue weighted by atomic mass is 16.3. The third kappa shape index (κ3) is 11.6. The molecule has 0 atom stereocenters. The van der Waals surface area contributed by atoms with Crippen LogP contribution in [0.3, 0.4) is 0 Å². The van der Waals surface area contributed by atoms with Crippen molar-refractivity contribution in [3.63, 3.8) is 0 Å². The van der Waals surface area contributed by atoms with Gasteiger partial charge in [-0.25, -0.2) is 0 Å². The van der Waals surface area contributed by atoms with E-state index in [0.29, 0.717) is 56.3 Å². The van der Waals surface area contributed by atoms with Gasteiger partial charge in [-0.15, -0.1) is 10.2 Å². The number of aromatic hydroxyl groups is 2. The Morgan fingerprint density at radius 2 is 0.813 bits per heavy atom. The number of phenols is 2. The molecule has 0 aliphatic rings. The summed E-state index contributed by atoms with van der Waals surface area (Å²) in [6, 6.07) is 32.5. The first-order valence-corrected chi connectivity index (χ1v) is 24.1. The zero-order valence-corrected chi connectivity index (χ0v) is 42.4. The van der Waals surface area contributed by atoms with E-state index in [2.05, 4.69) is 72.3 Å². The van der Waals surface area contributed by atoms with Gasteiger partial charge in [0.1, 0.15) is 11.4 Å². The Balaban J connectivity index is 0.989. The summed E-state index contributed by atoms with van der Waals surface area (Å²) in [4.78, 5) is 27.8. The van der Waals surface area contributed by atoms with Gasteiger partial charge in [0, 0.05) is 35.2 Å². The van der Waals surface area contributed by atoms with Crippen molar-refractivity contribution >= 4 is 103 Å². The number of nitrogens with zero attached hydrogens (tertiary/aromatic N) is 10. The van der Waals surface area contributed by atoms with Gasteiger partial charge in [0.2, 0.25) is 35.7 Å². The standard InChI is InChI=1S/C55H56N16O4/c1-29-22-36-26-34(6)46(70-68-40-14-10-8-12-31(40)3)48(74)44(36)42(24-29)60-54-64-50(56-18-20-72)62-52(66-54)58-38-16-17-39(33(5)28-38)59-53-63-51(57-19-21-73)65-55(67-53)61-43-25-30(2)23-37-27-35(7)47(49(75)45(37)43)71-69-41-15-11-9-13-32(41)4/h8-17,22-28,72-75H,18-21H2,1-7H3,(H3,56,58,60,62,64,66)(H3,57,59,61,63,65,67).